The van der Waals surface area contributed by atoms with Crippen molar-refractivity contribution in [2.75, 3.05) is 0 Å². The van der Waals surface area contributed by atoms with Gasteiger partial charge in [0, 0.05) is 44.2 Å². The molecule has 0 fully saturated rings. The van der Waals surface area contributed by atoms with Gasteiger partial charge in [-0.15, -0.1) is 0 Å². The van der Waals surface area contributed by atoms with E-state index in [1.807, 2.05) is 121 Å². The van der Waals surface area contributed by atoms with Crippen LogP contribution in [0.25, 0.3) is 95.8 Å². The maximum atomic E-state index is 5.30. The number of benzene rings is 7. The first-order valence-corrected chi connectivity index (χ1v) is 21.5. The molecule has 0 saturated heterocycles. The van der Waals surface area contributed by atoms with Crippen LogP contribution in [0, 0.1) is 0 Å². The molecule has 0 aliphatic heterocycles. The highest BCUT2D eigenvalue weighted by Gasteiger charge is 2.27. The van der Waals surface area contributed by atoms with Gasteiger partial charge in [-0.25, -0.2) is 29.9 Å². The van der Waals surface area contributed by atoms with Crippen molar-refractivity contribution < 1.29 is 0 Å². The van der Waals surface area contributed by atoms with Gasteiger partial charge in [0.1, 0.15) is 0 Å². The third-order valence-corrected chi connectivity index (χ3v) is 11.6. The van der Waals surface area contributed by atoms with E-state index in [-0.39, 0.29) is 10.8 Å². The summed E-state index contributed by atoms with van der Waals surface area (Å²) in [7, 11) is 0. The van der Waals surface area contributed by atoms with Crippen molar-refractivity contribution in [3.05, 3.63) is 187 Å². The van der Waals surface area contributed by atoms with Crippen LogP contribution in [-0.2, 0) is 10.8 Å². The van der Waals surface area contributed by atoms with Crippen molar-refractivity contribution in [2.45, 2.75) is 52.4 Å². The highest BCUT2D eigenvalue weighted by molar-refractivity contribution is 6.11. The zero-order chi connectivity index (χ0) is 43.3. The van der Waals surface area contributed by atoms with E-state index in [9.17, 15) is 0 Å². The predicted molar refractivity (Wildman–Crippen MR) is 258 cm³/mol. The van der Waals surface area contributed by atoms with Crippen molar-refractivity contribution >= 4 is 21.8 Å². The van der Waals surface area contributed by atoms with Crippen LogP contribution in [0.4, 0.5) is 0 Å². The molecule has 0 spiro atoms. The van der Waals surface area contributed by atoms with E-state index in [1.165, 1.54) is 21.9 Å². The van der Waals surface area contributed by atoms with Gasteiger partial charge in [0.05, 0.1) is 16.7 Å². The smallest absolute Gasteiger partial charge is 0.166 e. The van der Waals surface area contributed by atoms with Gasteiger partial charge in [0.15, 0.2) is 34.9 Å². The van der Waals surface area contributed by atoms with E-state index in [1.54, 1.807) is 0 Å². The topological polar surface area (TPSA) is 82.3 Å². The Morgan fingerprint density at radius 3 is 0.921 bits per heavy atom. The summed E-state index contributed by atoms with van der Waals surface area (Å²) in [6, 6.07) is 60.5. The SMILES string of the molecule is CC(C)(C)c1ccc2c(c1)c1cc(C(C)(C)C)ccc1n2-c1c(-c2nc(-c3ccccc3)nc(-c3ccccc3)n2)cccc1-c1nc(-c2ccccc2)nc(-c2ccccc2)n1. The van der Waals surface area contributed by atoms with Crippen LogP contribution in [0.3, 0.4) is 0 Å². The van der Waals surface area contributed by atoms with Crippen LogP contribution >= 0.6 is 0 Å². The van der Waals surface area contributed by atoms with Gasteiger partial charge >= 0.3 is 0 Å². The molecule has 0 aliphatic rings. The highest BCUT2D eigenvalue weighted by atomic mass is 15.1. The van der Waals surface area contributed by atoms with Crippen molar-refractivity contribution in [3.63, 3.8) is 0 Å². The average molecular weight is 818 g/mol. The lowest BCUT2D eigenvalue weighted by molar-refractivity contribution is 0.590. The standard InChI is InChI=1S/C56H47N7/c1-55(2,3)40-30-32-46-44(34-40)45-35-41(56(4,5)6)31-33-47(45)63(46)48-42(53-59-49(36-20-11-7-12-21-36)57-50(60-53)37-22-13-8-14-23-37)28-19-29-43(48)54-61-51(38-24-15-9-16-25-38)58-52(62-54)39-26-17-10-18-27-39/h7-35H,1-6H3. The van der Waals surface area contributed by atoms with Crippen LogP contribution in [0.1, 0.15) is 52.7 Å². The molecule has 3 aromatic heterocycles. The minimum Gasteiger partial charge on any atom is -0.308 e. The molecule has 0 N–H and O–H groups in total. The third-order valence-electron chi connectivity index (χ3n) is 11.6. The fourth-order valence-electron chi connectivity index (χ4n) is 8.20. The van der Waals surface area contributed by atoms with E-state index in [2.05, 4.69) is 101 Å². The summed E-state index contributed by atoms with van der Waals surface area (Å²) in [5.41, 5.74) is 10.6. The van der Waals surface area contributed by atoms with Crippen molar-refractivity contribution in [1.82, 2.24) is 34.5 Å². The largest absolute Gasteiger partial charge is 0.308 e. The van der Waals surface area contributed by atoms with Crippen LogP contribution in [0.2, 0.25) is 0 Å². The molecule has 7 nitrogen and oxygen atoms in total. The van der Waals surface area contributed by atoms with Gasteiger partial charge < -0.3 is 4.57 Å². The summed E-state index contributed by atoms with van der Waals surface area (Å²) >= 11 is 0. The number of rotatable bonds is 7. The molecule has 0 radical (unpaired) electrons. The lowest BCUT2D eigenvalue weighted by atomic mass is 9.85. The van der Waals surface area contributed by atoms with Gasteiger partial charge in [0.25, 0.3) is 0 Å². The monoisotopic (exact) mass is 817 g/mol. The second kappa shape index (κ2) is 15.7. The molecule has 7 heteroatoms. The van der Waals surface area contributed by atoms with Gasteiger partial charge in [0.2, 0.25) is 0 Å². The molecule has 3 heterocycles. The van der Waals surface area contributed by atoms with Gasteiger partial charge in [-0.3, -0.25) is 0 Å². The molecule has 63 heavy (non-hydrogen) atoms. The Hall–Kier alpha value is -7.64. The molecule has 10 aromatic rings. The average Bonchev–Trinajstić information content (AvgIpc) is 3.64. The number of hydrogen-bond donors (Lipinski definition) is 0. The number of para-hydroxylation sites is 1. The normalized spacial score (nSPS) is 12.0. The van der Waals surface area contributed by atoms with E-state index in [4.69, 9.17) is 29.9 Å². The Morgan fingerprint density at radius 1 is 0.317 bits per heavy atom. The fourth-order valence-corrected chi connectivity index (χ4v) is 8.20. The van der Waals surface area contributed by atoms with E-state index in [0.29, 0.717) is 34.9 Å². The maximum Gasteiger partial charge on any atom is 0.166 e. The molecule has 0 atom stereocenters. The Labute approximate surface area is 368 Å². The second-order valence-corrected chi connectivity index (χ2v) is 18.1. The lowest BCUT2D eigenvalue weighted by Gasteiger charge is -2.21. The Bertz CT molecular complexity index is 2940. The zero-order valence-corrected chi connectivity index (χ0v) is 36.4. The summed E-state index contributed by atoms with van der Waals surface area (Å²) < 4.78 is 2.37. The van der Waals surface area contributed by atoms with Crippen molar-refractivity contribution in [2.24, 2.45) is 0 Å². The number of fused-ring (bicyclic) bond motifs is 3. The highest BCUT2D eigenvalue weighted by Crippen LogP contribution is 2.43. The summed E-state index contributed by atoms with van der Waals surface area (Å²) in [6.07, 6.45) is 0. The van der Waals surface area contributed by atoms with Crippen molar-refractivity contribution in [1.29, 1.82) is 0 Å². The molecule has 10 rings (SSSR count). The lowest BCUT2D eigenvalue weighted by Crippen LogP contribution is -2.10. The minimum absolute atomic E-state index is 0.0631. The Kier molecular flexibility index (Phi) is 9.83. The van der Waals surface area contributed by atoms with Crippen LogP contribution in [0.15, 0.2) is 176 Å². The summed E-state index contributed by atoms with van der Waals surface area (Å²) in [5, 5.41) is 2.33. The Morgan fingerprint density at radius 2 is 0.619 bits per heavy atom. The van der Waals surface area contributed by atoms with Crippen LogP contribution in [0.5, 0.6) is 0 Å². The van der Waals surface area contributed by atoms with E-state index < -0.39 is 0 Å². The van der Waals surface area contributed by atoms with E-state index >= 15 is 0 Å². The van der Waals surface area contributed by atoms with Gasteiger partial charge in [-0.2, -0.15) is 0 Å². The quantitative estimate of drug-likeness (QED) is 0.159. The van der Waals surface area contributed by atoms with Gasteiger partial charge in [-0.1, -0.05) is 181 Å². The molecule has 0 amide bonds. The molecule has 306 valence electrons. The number of nitrogens with zero attached hydrogens (tertiary/aromatic N) is 7. The fraction of sp³-hybridized carbons (Fsp3) is 0.143. The first-order valence-electron chi connectivity index (χ1n) is 21.5. The predicted octanol–water partition coefficient (Wildman–Crippen LogP) is 13.8. The number of aromatic nitrogens is 7. The first kappa shape index (κ1) is 39.5. The zero-order valence-electron chi connectivity index (χ0n) is 36.4. The molecular weight excluding hydrogens is 771 g/mol. The molecule has 0 bridgehead atoms. The summed E-state index contributed by atoms with van der Waals surface area (Å²) in [5.74, 6) is 3.41. The molecule has 0 saturated carbocycles. The first-order chi connectivity index (χ1) is 30.5. The van der Waals surface area contributed by atoms with Crippen LogP contribution in [-0.4, -0.2) is 34.5 Å². The van der Waals surface area contributed by atoms with Crippen LogP contribution < -0.4 is 0 Å². The molecular formula is C56H47N7. The molecule has 7 aromatic carbocycles. The molecule has 0 unspecified atom stereocenters. The Balaban J connectivity index is 1.35. The summed E-state index contributed by atoms with van der Waals surface area (Å²) in [4.78, 5) is 31.3. The van der Waals surface area contributed by atoms with E-state index in [0.717, 1.165) is 50.1 Å². The van der Waals surface area contributed by atoms with Gasteiger partial charge in [-0.05, 0) is 58.4 Å². The summed E-state index contributed by atoms with van der Waals surface area (Å²) in [6.45, 7) is 13.6. The second-order valence-electron chi connectivity index (χ2n) is 18.1. The van der Waals surface area contributed by atoms with Crippen molar-refractivity contribution in [3.8, 4) is 74.0 Å². The number of hydrogen-bond acceptors (Lipinski definition) is 6. The maximum absolute atomic E-state index is 5.30. The third kappa shape index (κ3) is 7.56. The minimum atomic E-state index is -0.0631. The molecule has 0 aliphatic carbocycles.